The molecule has 0 saturated heterocycles. The second-order valence-corrected chi connectivity index (χ2v) is 4.29. The fourth-order valence-corrected chi connectivity index (χ4v) is 1.83. The van der Waals surface area contributed by atoms with Gasteiger partial charge in [0.2, 0.25) is 0 Å². The van der Waals surface area contributed by atoms with Gasteiger partial charge in [0.15, 0.2) is 0 Å². The smallest absolute Gasteiger partial charge is 0.140 e. The molecule has 0 aliphatic heterocycles. The summed E-state index contributed by atoms with van der Waals surface area (Å²) in [6.07, 6.45) is 1.87. The Morgan fingerprint density at radius 1 is 1.29 bits per heavy atom. The number of benzene rings is 1. The first kappa shape index (κ1) is 9.21. The number of rotatable bonds is 3. The number of aryl methyl sites for hydroxylation is 1. The number of ether oxygens (including phenoxy) is 1. The van der Waals surface area contributed by atoms with Crippen LogP contribution in [-0.4, -0.2) is 4.98 Å². The van der Waals surface area contributed by atoms with Crippen molar-refractivity contribution < 1.29 is 4.74 Å². The Morgan fingerprint density at radius 3 is 2.71 bits per heavy atom. The van der Waals surface area contributed by atoms with Crippen molar-refractivity contribution in [1.82, 2.24) is 4.98 Å². The minimum atomic E-state index is 0.558. The van der Waals surface area contributed by atoms with E-state index in [1.165, 1.54) is 4.88 Å². The van der Waals surface area contributed by atoms with Crippen molar-refractivity contribution in [3.05, 3.63) is 46.4 Å². The molecule has 0 fully saturated rings. The van der Waals surface area contributed by atoms with E-state index in [4.69, 9.17) is 4.74 Å². The highest BCUT2D eigenvalue weighted by atomic mass is 32.1. The molecular weight excluding hydrogens is 194 g/mol. The fourth-order valence-electron chi connectivity index (χ4n) is 1.13. The molecule has 0 aliphatic rings. The van der Waals surface area contributed by atoms with Gasteiger partial charge >= 0.3 is 0 Å². The summed E-state index contributed by atoms with van der Waals surface area (Å²) in [5.41, 5.74) is 0. The van der Waals surface area contributed by atoms with Gasteiger partial charge in [-0.3, -0.25) is 0 Å². The van der Waals surface area contributed by atoms with Crippen LogP contribution in [-0.2, 0) is 6.61 Å². The maximum absolute atomic E-state index is 5.55. The number of thiazole rings is 1. The Morgan fingerprint density at radius 2 is 2.07 bits per heavy atom. The van der Waals surface area contributed by atoms with E-state index in [0.29, 0.717) is 6.61 Å². The quantitative estimate of drug-likeness (QED) is 0.768. The molecule has 0 spiro atoms. The third-order valence-electron chi connectivity index (χ3n) is 1.77. The first-order chi connectivity index (χ1) is 6.84. The lowest BCUT2D eigenvalue weighted by Crippen LogP contribution is -1.93. The van der Waals surface area contributed by atoms with E-state index in [-0.39, 0.29) is 0 Å². The monoisotopic (exact) mass is 205 g/mol. The molecule has 0 unspecified atom stereocenters. The minimum Gasteiger partial charge on any atom is -0.486 e. The molecule has 1 heterocycles. The van der Waals surface area contributed by atoms with Gasteiger partial charge in [-0.05, 0) is 19.1 Å². The van der Waals surface area contributed by atoms with E-state index in [0.717, 1.165) is 10.8 Å². The van der Waals surface area contributed by atoms with E-state index < -0.39 is 0 Å². The molecule has 14 heavy (non-hydrogen) atoms. The van der Waals surface area contributed by atoms with Crippen LogP contribution < -0.4 is 4.74 Å². The Labute approximate surface area is 87.2 Å². The predicted octanol–water partition coefficient (Wildman–Crippen LogP) is 3.03. The number of para-hydroxylation sites is 1. The van der Waals surface area contributed by atoms with Gasteiger partial charge in [0.05, 0.1) is 0 Å². The van der Waals surface area contributed by atoms with E-state index in [1.807, 2.05) is 43.5 Å². The summed E-state index contributed by atoms with van der Waals surface area (Å²) in [5, 5.41) is 1.02. The molecule has 1 aromatic heterocycles. The maximum Gasteiger partial charge on any atom is 0.140 e. The van der Waals surface area contributed by atoms with E-state index >= 15 is 0 Å². The number of aromatic nitrogens is 1. The van der Waals surface area contributed by atoms with E-state index in [9.17, 15) is 0 Å². The average molecular weight is 205 g/mol. The van der Waals surface area contributed by atoms with Gasteiger partial charge in [0.25, 0.3) is 0 Å². The van der Waals surface area contributed by atoms with Crippen LogP contribution in [0, 0.1) is 6.92 Å². The molecule has 0 aliphatic carbocycles. The zero-order valence-electron chi connectivity index (χ0n) is 7.93. The molecule has 0 amide bonds. The number of hydrogen-bond acceptors (Lipinski definition) is 3. The van der Waals surface area contributed by atoms with Gasteiger partial charge < -0.3 is 4.74 Å². The van der Waals surface area contributed by atoms with Gasteiger partial charge in [0, 0.05) is 11.1 Å². The molecule has 2 aromatic rings. The molecule has 72 valence electrons. The van der Waals surface area contributed by atoms with Crippen LogP contribution in [0.2, 0.25) is 0 Å². The minimum absolute atomic E-state index is 0.558. The van der Waals surface area contributed by atoms with Crippen LogP contribution in [0.4, 0.5) is 0 Å². The number of nitrogens with zero attached hydrogens (tertiary/aromatic N) is 1. The third-order valence-corrected chi connectivity index (χ3v) is 2.66. The summed E-state index contributed by atoms with van der Waals surface area (Å²) in [6, 6.07) is 9.78. The van der Waals surface area contributed by atoms with Crippen LogP contribution in [0.5, 0.6) is 5.75 Å². The Balaban J connectivity index is 1.95. The largest absolute Gasteiger partial charge is 0.486 e. The molecule has 3 heteroatoms. The van der Waals surface area contributed by atoms with E-state index in [2.05, 4.69) is 4.98 Å². The highest BCUT2D eigenvalue weighted by molar-refractivity contribution is 7.11. The van der Waals surface area contributed by atoms with Crippen molar-refractivity contribution in [3.8, 4) is 5.75 Å². The van der Waals surface area contributed by atoms with Gasteiger partial charge in [-0.15, -0.1) is 11.3 Å². The normalized spacial score (nSPS) is 10.1. The highest BCUT2D eigenvalue weighted by Gasteiger charge is 1.99. The standard InChI is InChI=1S/C11H11NOS/c1-9-7-12-11(14-9)8-13-10-5-3-2-4-6-10/h2-7H,8H2,1H3. The lowest BCUT2D eigenvalue weighted by molar-refractivity contribution is 0.305. The summed E-state index contributed by atoms with van der Waals surface area (Å²) < 4.78 is 5.55. The summed E-state index contributed by atoms with van der Waals surface area (Å²) >= 11 is 1.67. The lowest BCUT2D eigenvalue weighted by Gasteiger charge is -2.02. The first-order valence-corrected chi connectivity index (χ1v) is 5.25. The summed E-state index contributed by atoms with van der Waals surface area (Å²) in [4.78, 5) is 5.44. The van der Waals surface area contributed by atoms with Crippen molar-refractivity contribution in [2.45, 2.75) is 13.5 Å². The molecular formula is C11H11NOS. The van der Waals surface area contributed by atoms with Crippen molar-refractivity contribution in [1.29, 1.82) is 0 Å². The molecule has 0 atom stereocenters. The maximum atomic E-state index is 5.55. The molecule has 2 rings (SSSR count). The Bertz CT molecular complexity index is 397. The van der Waals surface area contributed by atoms with Gasteiger partial charge in [-0.2, -0.15) is 0 Å². The molecule has 0 bridgehead atoms. The van der Waals surface area contributed by atoms with Crippen LogP contribution in [0.15, 0.2) is 36.5 Å². The van der Waals surface area contributed by atoms with Crippen molar-refractivity contribution in [2.75, 3.05) is 0 Å². The van der Waals surface area contributed by atoms with Crippen LogP contribution >= 0.6 is 11.3 Å². The molecule has 2 nitrogen and oxygen atoms in total. The topological polar surface area (TPSA) is 22.1 Å². The van der Waals surface area contributed by atoms with E-state index in [1.54, 1.807) is 11.3 Å². The highest BCUT2D eigenvalue weighted by Crippen LogP contribution is 2.15. The zero-order valence-corrected chi connectivity index (χ0v) is 8.75. The first-order valence-electron chi connectivity index (χ1n) is 4.44. The second-order valence-electron chi connectivity index (χ2n) is 2.97. The summed E-state index contributed by atoms with van der Waals surface area (Å²) in [7, 11) is 0. The Hall–Kier alpha value is -1.35. The number of hydrogen-bond donors (Lipinski definition) is 0. The van der Waals surface area contributed by atoms with Crippen LogP contribution in [0.1, 0.15) is 9.88 Å². The molecule has 0 radical (unpaired) electrons. The van der Waals surface area contributed by atoms with Gasteiger partial charge in [0.1, 0.15) is 17.4 Å². The summed E-state index contributed by atoms with van der Waals surface area (Å²) in [5.74, 6) is 0.889. The average Bonchev–Trinajstić information content (AvgIpc) is 2.63. The van der Waals surface area contributed by atoms with Crippen molar-refractivity contribution in [3.63, 3.8) is 0 Å². The second kappa shape index (κ2) is 4.24. The lowest BCUT2D eigenvalue weighted by atomic mass is 10.3. The van der Waals surface area contributed by atoms with Gasteiger partial charge in [-0.25, -0.2) is 4.98 Å². The van der Waals surface area contributed by atoms with Crippen molar-refractivity contribution >= 4 is 11.3 Å². The summed E-state index contributed by atoms with van der Waals surface area (Å²) in [6.45, 7) is 2.60. The third kappa shape index (κ3) is 2.33. The molecule has 0 N–H and O–H groups in total. The fraction of sp³-hybridized carbons (Fsp3) is 0.182. The zero-order chi connectivity index (χ0) is 9.80. The predicted molar refractivity (Wildman–Crippen MR) is 57.6 cm³/mol. The van der Waals surface area contributed by atoms with Crippen LogP contribution in [0.3, 0.4) is 0 Å². The molecule has 1 aromatic carbocycles. The Kier molecular flexibility index (Phi) is 2.79. The van der Waals surface area contributed by atoms with Crippen LogP contribution in [0.25, 0.3) is 0 Å². The SMILES string of the molecule is Cc1cnc(COc2ccccc2)s1. The van der Waals surface area contributed by atoms with Crippen molar-refractivity contribution in [2.24, 2.45) is 0 Å². The van der Waals surface area contributed by atoms with Gasteiger partial charge in [-0.1, -0.05) is 18.2 Å². The molecule has 0 saturated carbocycles.